The number of ether oxygens (including phenoxy) is 1. The van der Waals surface area contributed by atoms with Crippen LogP contribution in [-0.4, -0.2) is 25.0 Å². The van der Waals surface area contributed by atoms with Crippen LogP contribution < -0.4 is 5.32 Å². The topological polar surface area (TPSA) is 55.4 Å². The average Bonchev–Trinajstić information content (AvgIpc) is 2.27. The van der Waals surface area contributed by atoms with E-state index in [1.807, 2.05) is 0 Å². The maximum absolute atomic E-state index is 11.5. The van der Waals surface area contributed by atoms with Crippen LogP contribution >= 0.6 is 0 Å². The van der Waals surface area contributed by atoms with Gasteiger partial charge in [-0.3, -0.25) is 4.79 Å². The maximum Gasteiger partial charge on any atom is 0.397 e. The first kappa shape index (κ1) is 14.0. The lowest BCUT2D eigenvalue weighted by Gasteiger charge is -2.36. The first-order valence-electron chi connectivity index (χ1n) is 6.38. The fourth-order valence-electron chi connectivity index (χ4n) is 2.54. The smallest absolute Gasteiger partial charge is 0.397 e. The van der Waals surface area contributed by atoms with E-state index in [4.69, 9.17) is 4.74 Å². The largest absolute Gasteiger partial charge is 0.455 e. The third kappa shape index (κ3) is 3.72. The predicted octanol–water partition coefficient (Wildman–Crippen LogP) is 1.74. The fraction of sp³-hybridized carbons (Fsp3) is 0.846. The molecule has 0 bridgehead atoms. The molecule has 1 aliphatic rings. The molecule has 0 spiro atoms. The van der Waals surface area contributed by atoms with Crippen molar-refractivity contribution in [1.29, 1.82) is 0 Å². The Kier molecular flexibility index (Phi) is 4.97. The van der Waals surface area contributed by atoms with E-state index >= 15 is 0 Å². The van der Waals surface area contributed by atoms with E-state index in [1.54, 1.807) is 0 Å². The molecule has 0 radical (unpaired) electrons. The lowest BCUT2D eigenvalue weighted by atomic mass is 9.75. The zero-order valence-corrected chi connectivity index (χ0v) is 11.2. The second-order valence-corrected chi connectivity index (χ2v) is 5.35. The highest BCUT2D eigenvalue weighted by molar-refractivity contribution is 6.32. The van der Waals surface area contributed by atoms with Crippen molar-refractivity contribution in [3.05, 3.63) is 0 Å². The molecule has 0 aliphatic heterocycles. The van der Waals surface area contributed by atoms with Crippen LogP contribution in [0, 0.1) is 17.8 Å². The van der Waals surface area contributed by atoms with Gasteiger partial charge in [0.05, 0.1) is 0 Å². The summed E-state index contributed by atoms with van der Waals surface area (Å²) in [6.07, 6.45) is 3.01. The molecular formula is C13H23NO3. The van der Waals surface area contributed by atoms with Gasteiger partial charge in [-0.15, -0.1) is 0 Å². The number of rotatable bonds is 2. The van der Waals surface area contributed by atoms with Gasteiger partial charge in [-0.2, -0.15) is 0 Å². The Labute approximate surface area is 103 Å². The van der Waals surface area contributed by atoms with Gasteiger partial charge < -0.3 is 10.1 Å². The number of likely N-dealkylation sites (N-methyl/N-ethyl adjacent to an activating group) is 1. The van der Waals surface area contributed by atoms with Gasteiger partial charge in [-0.05, 0) is 30.6 Å². The van der Waals surface area contributed by atoms with Crippen LogP contribution in [-0.2, 0) is 14.3 Å². The number of esters is 1. The molecule has 1 aliphatic carbocycles. The van der Waals surface area contributed by atoms with Crippen molar-refractivity contribution in [3.63, 3.8) is 0 Å². The van der Waals surface area contributed by atoms with Gasteiger partial charge in [0.15, 0.2) is 0 Å². The van der Waals surface area contributed by atoms with E-state index in [1.165, 1.54) is 13.5 Å². The van der Waals surface area contributed by atoms with Crippen LogP contribution in [0.25, 0.3) is 0 Å². The summed E-state index contributed by atoms with van der Waals surface area (Å²) < 4.78 is 5.34. The van der Waals surface area contributed by atoms with E-state index in [9.17, 15) is 9.59 Å². The third-order valence-electron chi connectivity index (χ3n) is 3.63. The Bertz CT molecular complexity index is 288. The summed E-state index contributed by atoms with van der Waals surface area (Å²) in [5.41, 5.74) is 0. The van der Waals surface area contributed by atoms with Crippen LogP contribution in [0.15, 0.2) is 0 Å². The van der Waals surface area contributed by atoms with Crippen LogP contribution in [0.5, 0.6) is 0 Å². The molecule has 0 aromatic rings. The van der Waals surface area contributed by atoms with Crippen LogP contribution in [0.4, 0.5) is 0 Å². The minimum absolute atomic E-state index is 0.108. The van der Waals surface area contributed by atoms with Crippen LogP contribution in [0.3, 0.4) is 0 Å². The summed E-state index contributed by atoms with van der Waals surface area (Å²) in [6.45, 7) is 6.44. The molecule has 98 valence electrons. The van der Waals surface area contributed by atoms with Gasteiger partial charge >= 0.3 is 11.9 Å². The minimum Gasteiger partial charge on any atom is -0.455 e. The highest BCUT2D eigenvalue weighted by Gasteiger charge is 2.34. The molecule has 1 rings (SSSR count). The number of carbonyl (C=O) groups excluding carboxylic acids is 2. The molecule has 3 atom stereocenters. The maximum atomic E-state index is 11.5. The molecule has 1 N–H and O–H groups in total. The molecule has 0 aromatic carbocycles. The first-order valence-corrected chi connectivity index (χ1v) is 6.38. The quantitative estimate of drug-likeness (QED) is 0.592. The monoisotopic (exact) mass is 241 g/mol. The number of carbonyl (C=O) groups is 2. The van der Waals surface area contributed by atoms with Crippen molar-refractivity contribution in [3.8, 4) is 0 Å². The number of nitrogens with one attached hydrogen (secondary N) is 1. The summed E-state index contributed by atoms with van der Waals surface area (Å²) in [5.74, 6) is 0.000245. The minimum atomic E-state index is -0.753. The van der Waals surface area contributed by atoms with Gasteiger partial charge in [0, 0.05) is 7.05 Å². The van der Waals surface area contributed by atoms with E-state index in [-0.39, 0.29) is 6.10 Å². The first-order chi connectivity index (χ1) is 7.95. The number of amides is 1. The standard InChI is InChI=1S/C13H23NO3/c1-8(2)10-6-5-9(3)7-11(10)17-13(16)12(15)14-4/h8-11H,5-7H2,1-4H3,(H,14,15)/t9-,10+,11+/m1/s1. The van der Waals surface area contributed by atoms with Crippen molar-refractivity contribution < 1.29 is 14.3 Å². The summed E-state index contributed by atoms with van der Waals surface area (Å²) in [4.78, 5) is 22.6. The summed E-state index contributed by atoms with van der Waals surface area (Å²) in [7, 11) is 1.44. The van der Waals surface area contributed by atoms with Gasteiger partial charge in [0.1, 0.15) is 6.10 Å². The van der Waals surface area contributed by atoms with Crippen molar-refractivity contribution in [2.75, 3.05) is 7.05 Å². The number of hydrogen-bond donors (Lipinski definition) is 1. The second-order valence-electron chi connectivity index (χ2n) is 5.35. The van der Waals surface area contributed by atoms with Crippen LogP contribution in [0.1, 0.15) is 40.0 Å². The molecule has 0 heterocycles. The Morgan fingerprint density at radius 3 is 2.47 bits per heavy atom. The molecule has 0 unspecified atom stereocenters. The Balaban J connectivity index is 2.63. The van der Waals surface area contributed by atoms with Crippen molar-refractivity contribution >= 4 is 11.9 Å². The Hall–Kier alpha value is -1.06. The highest BCUT2D eigenvalue weighted by Crippen LogP contribution is 2.35. The summed E-state index contributed by atoms with van der Waals surface area (Å²) in [5, 5.41) is 2.30. The lowest BCUT2D eigenvalue weighted by Crippen LogP contribution is -2.39. The Morgan fingerprint density at radius 2 is 1.94 bits per heavy atom. The highest BCUT2D eigenvalue weighted by atomic mass is 16.5. The zero-order valence-electron chi connectivity index (χ0n) is 11.2. The molecule has 4 nitrogen and oxygen atoms in total. The van der Waals surface area contributed by atoms with Gasteiger partial charge in [0.25, 0.3) is 0 Å². The zero-order chi connectivity index (χ0) is 13.0. The van der Waals surface area contributed by atoms with Gasteiger partial charge in [0.2, 0.25) is 0 Å². The van der Waals surface area contributed by atoms with Crippen LogP contribution in [0.2, 0.25) is 0 Å². The van der Waals surface area contributed by atoms with Crippen molar-refractivity contribution in [2.45, 2.75) is 46.1 Å². The molecule has 4 heteroatoms. The summed E-state index contributed by atoms with van der Waals surface area (Å²) >= 11 is 0. The van der Waals surface area contributed by atoms with Crippen molar-refractivity contribution in [1.82, 2.24) is 5.32 Å². The second kappa shape index (κ2) is 6.03. The lowest BCUT2D eigenvalue weighted by molar-refractivity contribution is -0.163. The molecule has 0 saturated heterocycles. The molecule has 0 aromatic heterocycles. The average molecular weight is 241 g/mol. The predicted molar refractivity (Wildman–Crippen MR) is 65.3 cm³/mol. The van der Waals surface area contributed by atoms with E-state index < -0.39 is 11.9 Å². The van der Waals surface area contributed by atoms with Crippen molar-refractivity contribution in [2.24, 2.45) is 17.8 Å². The molecular weight excluding hydrogens is 218 g/mol. The number of hydrogen-bond acceptors (Lipinski definition) is 3. The molecule has 1 saturated carbocycles. The molecule has 1 amide bonds. The molecule has 17 heavy (non-hydrogen) atoms. The normalized spacial score (nSPS) is 28.9. The third-order valence-corrected chi connectivity index (χ3v) is 3.63. The fourth-order valence-corrected chi connectivity index (χ4v) is 2.54. The van der Waals surface area contributed by atoms with E-state index in [2.05, 4.69) is 26.1 Å². The van der Waals surface area contributed by atoms with E-state index in [0.29, 0.717) is 17.8 Å². The van der Waals surface area contributed by atoms with E-state index in [0.717, 1.165) is 12.8 Å². The summed E-state index contributed by atoms with van der Waals surface area (Å²) in [6, 6.07) is 0. The Morgan fingerprint density at radius 1 is 1.29 bits per heavy atom. The van der Waals surface area contributed by atoms with Gasteiger partial charge in [-0.1, -0.05) is 27.2 Å². The molecule has 1 fully saturated rings. The SMILES string of the molecule is CNC(=O)C(=O)O[C@H]1C[C@H](C)CC[C@H]1C(C)C. The van der Waals surface area contributed by atoms with Gasteiger partial charge in [-0.25, -0.2) is 4.79 Å².